The van der Waals surface area contributed by atoms with Crippen LogP contribution in [0, 0.1) is 6.92 Å². The van der Waals surface area contributed by atoms with E-state index in [1.54, 1.807) is 0 Å². The van der Waals surface area contributed by atoms with E-state index in [2.05, 4.69) is 25.1 Å². The molecule has 1 aromatic heterocycles. The first-order valence-electron chi connectivity index (χ1n) is 5.55. The molecule has 15 heavy (non-hydrogen) atoms. The van der Waals surface area contributed by atoms with Crippen LogP contribution in [0.4, 0.5) is 0 Å². The Hall–Kier alpha value is -1.37. The first-order chi connectivity index (χ1) is 7.27. The minimum Gasteiger partial charge on any atom is -0.253 e. The largest absolute Gasteiger partial charge is 0.253 e. The van der Waals surface area contributed by atoms with Gasteiger partial charge in [-0.15, -0.1) is 0 Å². The molecule has 0 unspecified atom stereocenters. The highest BCUT2D eigenvalue weighted by Crippen LogP contribution is 2.27. The molecule has 0 amide bonds. The minimum atomic E-state index is 0.989. The van der Waals surface area contributed by atoms with E-state index in [1.165, 1.54) is 36.1 Å². The molecular formula is C14H17N. The van der Waals surface area contributed by atoms with Gasteiger partial charge in [0.2, 0.25) is 0 Å². The second-order valence-electron chi connectivity index (χ2n) is 4.08. The molecule has 1 heteroatoms. The lowest BCUT2D eigenvalue weighted by molar-refractivity contribution is 0.663. The van der Waals surface area contributed by atoms with Crippen molar-refractivity contribution in [2.24, 2.45) is 0 Å². The number of hydrogen-bond acceptors (Lipinski definition) is 1. The van der Waals surface area contributed by atoms with Crippen molar-refractivity contribution >= 4 is 12.2 Å². The number of fused-ring (bicyclic) bond motifs is 1. The summed E-state index contributed by atoms with van der Waals surface area (Å²) in [5, 5.41) is 0. The number of aromatic nitrogens is 1. The van der Waals surface area contributed by atoms with Gasteiger partial charge >= 0.3 is 0 Å². The molecule has 0 bridgehead atoms. The molecule has 78 valence electrons. The summed E-state index contributed by atoms with van der Waals surface area (Å²) in [5.41, 5.74) is 6.22. The molecule has 0 aromatic carbocycles. The lowest BCUT2D eigenvalue weighted by Gasteiger charge is -2.20. The Bertz CT molecular complexity index is 416. The van der Waals surface area contributed by atoms with E-state index in [1.807, 2.05) is 12.2 Å². The smallest absolute Gasteiger partial charge is 0.0702 e. The fraction of sp³-hybridized carbons (Fsp3) is 0.357. The summed E-state index contributed by atoms with van der Waals surface area (Å²) in [7, 11) is 0. The van der Waals surface area contributed by atoms with Gasteiger partial charge in [0, 0.05) is 11.3 Å². The van der Waals surface area contributed by atoms with E-state index in [4.69, 9.17) is 0 Å². The van der Waals surface area contributed by atoms with Gasteiger partial charge < -0.3 is 0 Å². The van der Waals surface area contributed by atoms with E-state index in [9.17, 15) is 0 Å². The molecule has 0 atom stereocenters. The van der Waals surface area contributed by atoms with E-state index < -0.39 is 0 Å². The van der Waals surface area contributed by atoms with Crippen LogP contribution in [0.5, 0.6) is 0 Å². The Morgan fingerprint density at radius 3 is 2.53 bits per heavy atom. The molecular weight excluding hydrogens is 182 g/mol. The van der Waals surface area contributed by atoms with Gasteiger partial charge in [-0.1, -0.05) is 19.2 Å². The molecule has 1 aliphatic carbocycles. The highest BCUT2D eigenvalue weighted by molar-refractivity contribution is 5.65. The van der Waals surface area contributed by atoms with E-state index in [-0.39, 0.29) is 0 Å². The standard InChI is InChI=1S/C14H17N/c1-4-11-10(3)12-8-6-7-9-14(12)15-13(11)5-2/h4-5H,1-2,6-9H2,3H3. The van der Waals surface area contributed by atoms with Crippen LogP contribution in [0.15, 0.2) is 13.2 Å². The average molecular weight is 199 g/mol. The summed E-state index contributed by atoms with van der Waals surface area (Å²) < 4.78 is 0. The van der Waals surface area contributed by atoms with Crippen molar-refractivity contribution < 1.29 is 0 Å². The van der Waals surface area contributed by atoms with Crippen molar-refractivity contribution in [2.45, 2.75) is 32.6 Å². The maximum Gasteiger partial charge on any atom is 0.0702 e. The Balaban J connectivity index is 2.66. The SMILES string of the molecule is C=Cc1nc2c(c(C)c1C=C)CCCC2. The molecule has 0 radical (unpaired) electrons. The van der Waals surface area contributed by atoms with Crippen molar-refractivity contribution in [3.63, 3.8) is 0 Å². The van der Waals surface area contributed by atoms with Crippen molar-refractivity contribution in [2.75, 3.05) is 0 Å². The van der Waals surface area contributed by atoms with Crippen LogP contribution in [0.25, 0.3) is 12.2 Å². The fourth-order valence-corrected chi connectivity index (χ4v) is 2.39. The van der Waals surface area contributed by atoms with Crippen LogP contribution in [0.2, 0.25) is 0 Å². The summed E-state index contributed by atoms with van der Waals surface area (Å²) >= 11 is 0. The molecule has 1 nitrogen and oxygen atoms in total. The predicted octanol–water partition coefficient (Wildman–Crippen LogP) is 3.55. The van der Waals surface area contributed by atoms with E-state index in [0.29, 0.717) is 0 Å². The third-order valence-corrected chi connectivity index (χ3v) is 3.22. The van der Waals surface area contributed by atoms with Crippen molar-refractivity contribution in [3.8, 4) is 0 Å². The zero-order valence-corrected chi connectivity index (χ0v) is 9.34. The van der Waals surface area contributed by atoms with Gasteiger partial charge in [-0.05, 0) is 49.8 Å². The first kappa shape index (κ1) is 10.2. The molecule has 0 N–H and O–H groups in total. The summed E-state index contributed by atoms with van der Waals surface area (Å²) in [6.07, 6.45) is 8.58. The molecule has 0 saturated carbocycles. The predicted molar refractivity (Wildman–Crippen MR) is 65.8 cm³/mol. The van der Waals surface area contributed by atoms with Crippen molar-refractivity contribution in [3.05, 3.63) is 41.2 Å². The maximum absolute atomic E-state index is 4.67. The van der Waals surface area contributed by atoms with Crippen LogP contribution < -0.4 is 0 Å². The monoisotopic (exact) mass is 199 g/mol. The Morgan fingerprint density at radius 1 is 1.13 bits per heavy atom. The zero-order chi connectivity index (χ0) is 10.8. The molecule has 0 saturated heterocycles. The topological polar surface area (TPSA) is 12.9 Å². The van der Waals surface area contributed by atoms with Gasteiger partial charge in [-0.3, -0.25) is 4.98 Å². The van der Waals surface area contributed by atoms with Crippen LogP contribution >= 0.6 is 0 Å². The fourth-order valence-electron chi connectivity index (χ4n) is 2.39. The molecule has 0 aliphatic heterocycles. The summed E-state index contributed by atoms with van der Waals surface area (Å²) in [6.45, 7) is 9.86. The minimum absolute atomic E-state index is 0.989. The van der Waals surface area contributed by atoms with Crippen LogP contribution in [0.3, 0.4) is 0 Å². The van der Waals surface area contributed by atoms with Gasteiger partial charge in [0.15, 0.2) is 0 Å². The molecule has 1 heterocycles. The molecule has 1 aliphatic rings. The molecule has 2 rings (SSSR count). The quantitative estimate of drug-likeness (QED) is 0.709. The molecule has 0 spiro atoms. The average Bonchev–Trinajstić information content (AvgIpc) is 2.29. The van der Waals surface area contributed by atoms with Gasteiger partial charge in [-0.2, -0.15) is 0 Å². The van der Waals surface area contributed by atoms with Crippen LogP contribution in [-0.4, -0.2) is 4.98 Å². The number of pyridine rings is 1. The second kappa shape index (κ2) is 4.01. The zero-order valence-electron chi connectivity index (χ0n) is 9.34. The maximum atomic E-state index is 4.67. The normalized spacial score (nSPS) is 14.5. The summed E-state index contributed by atoms with van der Waals surface area (Å²) in [6, 6.07) is 0. The number of nitrogens with zero attached hydrogens (tertiary/aromatic N) is 1. The van der Waals surface area contributed by atoms with Gasteiger partial charge in [0.25, 0.3) is 0 Å². The van der Waals surface area contributed by atoms with Gasteiger partial charge in [0.1, 0.15) is 0 Å². The Labute approximate surface area is 91.6 Å². The Morgan fingerprint density at radius 2 is 1.87 bits per heavy atom. The van der Waals surface area contributed by atoms with E-state index >= 15 is 0 Å². The summed E-state index contributed by atoms with van der Waals surface area (Å²) in [5.74, 6) is 0. The van der Waals surface area contributed by atoms with Gasteiger partial charge in [0.05, 0.1) is 5.69 Å². The third kappa shape index (κ3) is 1.63. The number of aryl methyl sites for hydroxylation is 1. The number of hydrogen-bond donors (Lipinski definition) is 0. The van der Waals surface area contributed by atoms with Crippen LogP contribution in [-0.2, 0) is 12.8 Å². The number of rotatable bonds is 2. The first-order valence-corrected chi connectivity index (χ1v) is 5.55. The van der Waals surface area contributed by atoms with Crippen molar-refractivity contribution in [1.29, 1.82) is 0 Å². The highest BCUT2D eigenvalue weighted by atomic mass is 14.7. The lowest BCUT2D eigenvalue weighted by Crippen LogP contribution is -2.10. The van der Waals surface area contributed by atoms with Gasteiger partial charge in [-0.25, -0.2) is 0 Å². The third-order valence-electron chi connectivity index (χ3n) is 3.22. The molecule has 0 fully saturated rings. The lowest BCUT2D eigenvalue weighted by atomic mass is 9.89. The summed E-state index contributed by atoms with van der Waals surface area (Å²) in [4.78, 5) is 4.67. The Kier molecular flexibility index (Phi) is 2.72. The van der Waals surface area contributed by atoms with Crippen molar-refractivity contribution in [1.82, 2.24) is 4.98 Å². The highest BCUT2D eigenvalue weighted by Gasteiger charge is 2.16. The van der Waals surface area contributed by atoms with Crippen LogP contribution in [0.1, 0.15) is 40.9 Å². The van der Waals surface area contributed by atoms with E-state index in [0.717, 1.165) is 17.7 Å². The second-order valence-corrected chi connectivity index (χ2v) is 4.08. The molecule has 1 aromatic rings.